The zero-order chi connectivity index (χ0) is 16.7. The lowest BCUT2D eigenvalue weighted by Gasteiger charge is -2.13. The first kappa shape index (κ1) is 20.3. The summed E-state index contributed by atoms with van der Waals surface area (Å²) in [5.74, 6) is 1.62. The summed E-state index contributed by atoms with van der Waals surface area (Å²) in [6.45, 7) is 6.27. The van der Waals surface area contributed by atoms with Gasteiger partial charge in [-0.25, -0.2) is 4.39 Å². The Morgan fingerprint density at radius 1 is 1.08 bits per heavy atom. The molecule has 0 atom stereocenters. The molecule has 3 nitrogen and oxygen atoms in total. The summed E-state index contributed by atoms with van der Waals surface area (Å²) >= 11 is 0. The van der Waals surface area contributed by atoms with Crippen molar-refractivity contribution in [3.63, 3.8) is 0 Å². The molecule has 5 heteroatoms. The number of nitrogens with one attached hydrogen (secondary N) is 1. The molecule has 0 unspecified atom stereocenters. The molecule has 132 valence electrons. The number of hydrogen-bond acceptors (Lipinski definition) is 3. The molecule has 0 saturated carbocycles. The minimum Gasteiger partial charge on any atom is -0.493 e. The fourth-order valence-corrected chi connectivity index (χ4v) is 2.22. The fraction of sp³-hybridized carbons (Fsp3) is 0.368. The van der Waals surface area contributed by atoms with Crippen molar-refractivity contribution in [3.05, 3.63) is 59.4 Å². The van der Waals surface area contributed by atoms with Crippen LogP contribution in [0.2, 0.25) is 0 Å². The van der Waals surface area contributed by atoms with Crippen molar-refractivity contribution in [1.82, 2.24) is 5.32 Å². The summed E-state index contributed by atoms with van der Waals surface area (Å²) in [6, 6.07) is 12.4. The molecule has 24 heavy (non-hydrogen) atoms. The second-order valence-electron chi connectivity index (χ2n) is 5.89. The highest BCUT2D eigenvalue weighted by molar-refractivity contribution is 5.85. The first-order valence-electron chi connectivity index (χ1n) is 7.84. The van der Waals surface area contributed by atoms with Crippen LogP contribution in [-0.2, 0) is 13.2 Å². The highest BCUT2D eigenvalue weighted by Crippen LogP contribution is 2.29. The number of ether oxygens (including phenoxy) is 2. The molecule has 0 heterocycles. The van der Waals surface area contributed by atoms with E-state index in [0.717, 1.165) is 18.7 Å². The molecule has 2 aromatic rings. The van der Waals surface area contributed by atoms with Crippen molar-refractivity contribution < 1.29 is 13.9 Å². The number of halogens is 2. The summed E-state index contributed by atoms with van der Waals surface area (Å²) in [7, 11) is 1.61. The van der Waals surface area contributed by atoms with Crippen molar-refractivity contribution in [3.8, 4) is 11.5 Å². The maximum atomic E-state index is 13.6. The smallest absolute Gasteiger partial charge is 0.161 e. The molecule has 0 fully saturated rings. The van der Waals surface area contributed by atoms with Crippen LogP contribution >= 0.6 is 12.4 Å². The Morgan fingerprint density at radius 3 is 2.50 bits per heavy atom. The monoisotopic (exact) mass is 353 g/mol. The molecule has 0 spiro atoms. The van der Waals surface area contributed by atoms with Gasteiger partial charge in [0.25, 0.3) is 0 Å². The molecule has 2 aromatic carbocycles. The summed E-state index contributed by atoms with van der Waals surface area (Å²) in [5.41, 5.74) is 1.65. The van der Waals surface area contributed by atoms with Crippen LogP contribution in [0.25, 0.3) is 0 Å². The number of hydrogen-bond donors (Lipinski definition) is 1. The van der Waals surface area contributed by atoms with Crippen molar-refractivity contribution in [1.29, 1.82) is 0 Å². The third kappa shape index (κ3) is 6.02. The molecule has 0 amide bonds. The average molecular weight is 354 g/mol. The minimum atomic E-state index is -0.263. The average Bonchev–Trinajstić information content (AvgIpc) is 2.54. The first-order chi connectivity index (χ1) is 11.1. The normalized spacial score (nSPS) is 10.4. The standard InChI is InChI=1S/C19H24FNO2.ClH/c1-14(2)11-21-12-15-8-9-18(19(10-15)22-3)23-13-16-6-4-5-7-17(16)20;/h4-10,14,21H,11-13H2,1-3H3;1H. The Balaban J connectivity index is 0.00000288. The number of methoxy groups -OCH3 is 1. The van der Waals surface area contributed by atoms with Crippen molar-refractivity contribution in [2.45, 2.75) is 27.0 Å². The lowest BCUT2D eigenvalue weighted by atomic mass is 10.1. The van der Waals surface area contributed by atoms with Gasteiger partial charge in [-0.05, 0) is 36.2 Å². The summed E-state index contributed by atoms with van der Waals surface area (Å²) in [4.78, 5) is 0. The van der Waals surface area contributed by atoms with Gasteiger partial charge in [0.2, 0.25) is 0 Å². The Morgan fingerprint density at radius 2 is 1.83 bits per heavy atom. The van der Waals surface area contributed by atoms with Gasteiger partial charge in [0.05, 0.1) is 7.11 Å². The summed E-state index contributed by atoms with van der Waals surface area (Å²) in [6.07, 6.45) is 0. The highest BCUT2D eigenvalue weighted by Gasteiger charge is 2.08. The Labute approximate surface area is 149 Å². The van der Waals surface area contributed by atoms with Gasteiger partial charge in [-0.2, -0.15) is 0 Å². The van der Waals surface area contributed by atoms with Gasteiger partial charge >= 0.3 is 0 Å². The molecule has 1 N–H and O–H groups in total. The van der Waals surface area contributed by atoms with E-state index in [-0.39, 0.29) is 24.8 Å². The van der Waals surface area contributed by atoms with Crippen molar-refractivity contribution in [2.75, 3.05) is 13.7 Å². The van der Waals surface area contributed by atoms with Gasteiger partial charge < -0.3 is 14.8 Å². The third-order valence-corrected chi connectivity index (χ3v) is 3.45. The molecular weight excluding hydrogens is 329 g/mol. The minimum absolute atomic E-state index is 0. The van der Waals surface area contributed by atoms with Gasteiger partial charge in [-0.15, -0.1) is 12.4 Å². The van der Waals surface area contributed by atoms with Crippen LogP contribution in [-0.4, -0.2) is 13.7 Å². The van der Waals surface area contributed by atoms with Crippen LogP contribution in [0.3, 0.4) is 0 Å². The quantitative estimate of drug-likeness (QED) is 0.753. The Hall–Kier alpha value is -1.78. The van der Waals surface area contributed by atoms with Gasteiger partial charge in [0.1, 0.15) is 12.4 Å². The Bertz CT molecular complexity index is 635. The van der Waals surface area contributed by atoms with Crippen LogP contribution in [0.5, 0.6) is 11.5 Å². The fourth-order valence-electron chi connectivity index (χ4n) is 2.22. The zero-order valence-corrected chi connectivity index (χ0v) is 15.2. The topological polar surface area (TPSA) is 30.5 Å². The first-order valence-corrected chi connectivity index (χ1v) is 7.84. The summed E-state index contributed by atoms with van der Waals surface area (Å²) in [5, 5.41) is 3.39. The second kappa shape index (κ2) is 10.2. The molecule has 0 bridgehead atoms. The molecule has 0 saturated heterocycles. The van der Waals surface area contributed by atoms with Crippen LogP contribution < -0.4 is 14.8 Å². The predicted octanol–water partition coefficient (Wildman–Crippen LogP) is 4.58. The largest absolute Gasteiger partial charge is 0.493 e. The van der Waals surface area contributed by atoms with Crippen LogP contribution in [0.4, 0.5) is 4.39 Å². The predicted molar refractivity (Wildman–Crippen MR) is 97.5 cm³/mol. The van der Waals surface area contributed by atoms with Crippen molar-refractivity contribution in [2.24, 2.45) is 5.92 Å². The highest BCUT2D eigenvalue weighted by atomic mass is 35.5. The molecular formula is C19H25ClFNO2. The molecule has 0 aliphatic rings. The lowest BCUT2D eigenvalue weighted by Crippen LogP contribution is -2.18. The molecule has 0 radical (unpaired) electrons. The van der Waals surface area contributed by atoms with Crippen LogP contribution in [0, 0.1) is 11.7 Å². The molecule has 2 rings (SSSR count). The maximum absolute atomic E-state index is 13.6. The Kier molecular flexibility index (Phi) is 8.58. The van der Waals surface area contributed by atoms with E-state index in [0.29, 0.717) is 23.0 Å². The second-order valence-corrected chi connectivity index (χ2v) is 5.89. The van der Waals surface area contributed by atoms with Gasteiger partial charge in [0.15, 0.2) is 11.5 Å². The molecule has 0 aliphatic carbocycles. The SMILES string of the molecule is COc1cc(CNCC(C)C)ccc1OCc1ccccc1F.Cl. The van der Waals surface area contributed by atoms with E-state index in [9.17, 15) is 4.39 Å². The van der Waals surface area contributed by atoms with E-state index >= 15 is 0 Å². The van der Waals surface area contributed by atoms with E-state index in [1.54, 1.807) is 25.3 Å². The number of benzene rings is 2. The van der Waals surface area contributed by atoms with Crippen LogP contribution in [0.15, 0.2) is 42.5 Å². The zero-order valence-electron chi connectivity index (χ0n) is 14.3. The lowest BCUT2D eigenvalue weighted by molar-refractivity contribution is 0.279. The van der Waals surface area contributed by atoms with Gasteiger partial charge in [0, 0.05) is 12.1 Å². The summed E-state index contributed by atoms with van der Waals surface area (Å²) < 4.78 is 24.7. The van der Waals surface area contributed by atoms with Crippen molar-refractivity contribution >= 4 is 12.4 Å². The van der Waals surface area contributed by atoms with E-state index < -0.39 is 0 Å². The van der Waals surface area contributed by atoms with E-state index in [2.05, 4.69) is 19.2 Å². The van der Waals surface area contributed by atoms with E-state index in [1.807, 2.05) is 18.2 Å². The van der Waals surface area contributed by atoms with E-state index in [1.165, 1.54) is 6.07 Å². The molecule has 0 aliphatic heterocycles. The third-order valence-electron chi connectivity index (χ3n) is 3.45. The van der Waals surface area contributed by atoms with Gasteiger partial charge in [-0.1, -0.05) is 38.1 Å². The molecule has 0 aromatic heterocycles. The maximum Gasteiger partial charge on any atom is 0.161 e. The number of rotatable bonds is 8. The van der Waals surface area contributed by atoms with Gasteiger partial charge in [-0.3, -0.25) is 0 Å². The van der Waals surface area contributed by atoms with Crippen LogP contribution in [0.1, 0.15) is 25.0 Å². The van der Waals surface area contributed by atoms with E-state index in [4.69, 9.17) is 9.47 Å².